The van der Waals surface area contributed by atoms with Crippen molar-refractivity contribution in [2.75, 3.05) is 20.2 Å². The van der Waals surface area contributed by atoms with E-state index in [1.807, 2.05) is 45.2 Å². The monoisotopic (exact) mass is 300 g/mol. The van der Waals surface area contributed by atoms with E-state index in [1.54, 1.807) is 0 Å². The Balaban J connectivity index is 2.53. The van der Waals surface area contributed by atoms with Crippen LogP contribution in [0.1, 0.15) is 25.0 Å². The molecule has 1 atom stereocenters. The van der Waals surface area contributed by atoms with Crippen LogP contribution < -0.4 is 10.0 Å². The molecule has 1 unspecified atom stereocenters. The molecular weight excluding hydrogens is 276 g/mol. The fraction of sp³-hybridized carbons (Fsp3) is 0.571. The summed E-state index contributed by atoms with van der Waals surface area (Å²) in [5.74, 6) is -0.00826. The van der Waals surface area contributed by atoms with E-state index in [0.717, 1.165) is 17.7 Å². The second-order valence-electron chi connectivity index (χ2n) is 4.72. The zero-order chi connectivity index (χ0) is 15.0. The lowest BCUT2D eigenvalue weighted by molar-refractivity contribution is 0.0799. The van der Waals surface area contributed by atoms with E-state index < -0.39 is 10.0 Å². The molecule has 0 fully saturated rings. The van der Waals surface area contributed by atoms with Crippen molar-refractivity contribution in [3.05, 3.63) is 35.4 Å². The molecule has 0 saturated heterocycles. The van der Waals surface area contributed by atoms with E-state index in [2.05, 4.69) is 10.0 Å². The Morgan fingerprint density at radius 2 is 1.80 bits per heavy atom. The fourth-order valence-electron chi connectivity index (χ4n) is 1.82. The Morgan fingerprint density at radius 1 is 1.20 bits per heavy atom. The average molecular weight is 300 g/mol. The molecule has 0 aliphatic heterocycles. The second-order valence-corrected chi connectivity index (χ2v) is 6.53. The lowest BCUT2D eigenvalue weighted by atomic mass is 10.1. The minimum Gasteiger partial charge on any atom is -0.377 e. The number of benzene rings is 1. The van der Waals surface area contributed by atoms with Crippen LogP contribution in [0, 0.1) is 0 Å². The van der Waals surface area contributed by atoms with E-state index in [-0.39, 0.29) is 11.9 Å². The first kappa shape index (κ1) is 17.1. The van der Waals surface area contributed by atoms with Crippen molar-refractivity contribution in [3.8, 4) is 0 Å². The minimum absolute atomic E-state index is 0.00826. The highest BCUT2D eigenvalue weighted by Gasteiger charge is 2.13. The number of sulfonamides is 1. The van der Waals surface area contributed by atoms with Crippen LogP contribution in [0.3, 0.4) is 0 Å². The highest BCUT2D eigenvalue weighted by Crippen LogP contribution is 2.08. The van der Waals surface area contributed by atoms with Crippen LogP contribution in [0.15, 0.2) is 24.3 Å². The Morgan fingerprint density at radius 3 is 2.35 bits per heavy atom. The molecule has 1 aromatic rings. The number of ether oxygens (including phenoxy) is 1. The molecule has 0 heterocycles. The SMILES string of the molecule is CCOC(C)CNS(=O)(=O)Cc1ccc(CNC)cc1. The molecule has 1 aromatic carbocycles. The van der Waals surface area contributed by atoms with E-state index in [4.69, 9.17) is 4.74 Å². The average Bonchev–Trinajstić information content (AvgIpc) is 2.39. The molecule has 0 aliphatic rings. The fourth-order valence-corrected chi connectivity index (χ4v) is 3.04. The summed E-state index contributed by atoms with van der Waals surface area (Å²) in [5, 5.41) is 3.05. The Bertz CT molecular complexity index is 486. The van der Waals surface area contributed by atoms with Gasteiger partial charge in [-0.25, -0.2) is 13.1 Å². The smallest absolute Gasteiger partial charge is 0.215 e. The standard InChI is InChI=1S/C14H24N2O3S/c1-4-19-12(2)9-16-20(17,18)11-14-7-5-13(6-8-14)10-15-3/h5-8,12,15-16H,4,9-11H2,1-3H3. The van der Waals surface area contributed by atoms with Gasteiger partial charge in [-0.05, 0) is 32.0 Å². The van der Waals surface area contributed by atoms with Gasteiger partial charge >= 0.3 is 0 Å². The van der Waals surface area contributed by atoms with Crippen molar-refractivity contribution in [2.45, 2.75) is 32.2 Å². The normalized spacial score (nSPS) is 13.3. The maximum atomic E-state index is 11.9. The zero-order valence-electron chi connectivity index (χ0n) is 12.3. The van der Waals surface area contributed by atoms with E-state index in [1.165, 1.54) is 0 Å². The van der Waals surface area contributed by atoms with Gasteiger partial charge in [-0.2, -0.15) is 0 Å². The number of rotatable bonds is 9. The summed E-state index contributed by atoms with van der Waals surface area (Å²) in [4.78, 5) is 0. The van der Waals surface area contributed by atoms with E-state index in [0.29, 0.717) is 13.2 Å². The predicted molar refractivity (Wildman–Crippen MR) is 80.9 cm³/mol. The van der Waals surface area contributed by atoms with Crippen LogP contribution in [-0.2, 0) is 27.1 Å². The molecule has 0 aromatic heterocycles. The summed E-state index contributed by atoms with van der Waals surface area (Å²) in [6.07, 6.45) is -0.118. The molecule has 6 heteroatoms. The molecular formula is C14H24N2O3S. The van der Waals surface area contributed by atoms with Crippen molar-refractivity contribution in [1.29, 1.82) is 0 Å². The maximum absolute atomic E-state index is 11.9. The molecule has 0 radical (unpaired) electrons. The first-order valence-corrected chi connectivity index (χ1v) is 8.43. The minimum atomic E-state index is -3.32. The molecule has 5 nitrogen and oxygen atoms in total. The van der Waals surface area contributed by atoms with Gasteiger partial charge in [0.2, 0.25) is 10.0 Å². The van der Waals surface area contributed by atoms with Crippen molar-refractivity contribution in [2.24, 2.45) is 0 Å². The first-order valence-electron chi connectivity index (χ1n) is 6.78. The largest absolute Gasteiger partial charge is 0.377 e. The molecule has 0 amide bonds. The third-order valence-electron chi connectivity index (χ3n) is 2.80. The van der Waals surface area contributed by atoms with Crippen molar-refractivity contribution >= 4 is 10.0 Å². The molecule has 2 N–H and O–H groups in total. The maximum Gasteiger partial charge on any atom is 0.215 e. The summed E-state index contributed by atoms with van der Waals surface area (Å²) < 4.78 is 31.7. The van der Waals surface area contributed by atoms with Crippen LogP contribution in [-0.4, -0.2) is 34.7 Å². The molecule has 0 spiro atoms. The van der Waals surface area contributed by atoms with Crippen LogP contribution in [0.5, 0.6) is 0 Å². The summed E-state index contributed by atoms with van der Waals surface area (Å²) in [5.41, 5.74) is 1.91. The molecule has 1 rings (SSSR count). The van der Waals surface area contributed by atoms with Crippen LogP contribution in [0.4, 0.5) is 0 Å². The predicted octanol–water partition coefficient (Wildman–Crippen LogP) is 1.25. The van der Waals surface area contributed by atoms with E-state index in [9.17, 15) is 8.42 Å². The highest BCUT2D eigenvalue weighted by atomic mass is 32.2. The summed E-state index contributed by atoms with van der Waals surface area (Å²) in [6, 6.07) is 7.56. The van der Waals surface area contributed by atoms with Crippen molar-refractivity contribution in [3.63, 3.8) is 0 Å². The Labute approximate surface area is 121 Å². The van der Waals surface area contributed by atoms with Gasteiger partial charge in [0.05, 0.1) is 11.9 Å². The molecule has 0 saturated carbocycles. The summed E-state index contributed by atoms with van der Waals surface area (Å²) in [6.45, 7) is 5.39. The molecule has 114 valence electrons. The van der Waals surface area contributed by atoms with Crippen molar-refractivity contribution < 1.29 is 13.2 Å². The van der Waals surface area contributed by atoms with E-state index >= 15 is 0 Å². The molecule has 20 heavy (non-hydrogen) atoms. The van der Waals surface area contributed by atoms with Crippen LogP contribution in [0.2, 0.25) is 0 Å². The Hall–Kier alpha value is -0.950. The summed E-state index contributed by atoms with van der Waals surface area (Å²) in [7, 11) is -1.44. The van der Waals surface area contributed by atoms with Gasteiger partial charge in [0.15, 0.2) is 0 Å². The van der Waals surface area contributed by atoms with Gasteiger partial charge in [0.25, 0.3) is 0 Å². The van der Waals surface area contributed by atoms with Crippen molar-refractivity contribution in [1.82, 2.24) is 10.0 Å². The van der Waals surface area contributed by atoms with Gasteiger partial charge < -0.3 is 10.1 Å². The number of hydrogen-bond acceptors (Lipinski definition) is 4. The lowest BCUT2D eigenvalue weighted by Gasteiger charge is -2.13. The van der Waals surface area contributed by atoms with Gasteiger partial charge in [-0.3, -0.25) is 0 Å². The van der Waals surface area contributed by atoms with Crippen LogP contribution >= 0.6 is 0 Å². The lowest BCUT2D eigenvalue weighted by Crippen LogP contribution is -2.33. The summed E-state index contributed by atoms with van der Waals surface area (Å²) >= 11 is 0. The number of nitrogens with one attached hydrogen (secondary N) is 2. The zero-order valence-corrected chi connectivity index (χ0v) is 13.2. The Kier molecular flexibility index (Phi) is 7.15. The van der Waals surface area contributed by atoms with Gasteiger partial charge in [-0.15, -0.1) is 0 Å². The van der Waals surface area contributed by atoms with Gasteiger partial charge in [0.1, 0.15) is 0 Å². The topological polar surface area (TPSA) is 67.4 Å². The molecule has 0 bridgehead atoms. The second kappa shape index (κ2) is 8.36. The first-order chi connectivity index (χ1) is 9.46. The van der Waals surface area contributed by atoms with Crippen LogP contribution in [0.25, 0.3) is 0 Å². The van der Waals surface area contributed by atoms with Gasteiger partial charge in [0, 0.05) is 19.7 Å². The molecule has 0 aliphatic carbocycles. The quantitative estimate of drug-likeness (QED) is 0.720. The third kappa shape index (κ3) is 6.47. The van der Waals surface area contributed by atoms with Gasteiger partial charge in [-0.1, -0.05) is 24.3 Å². The highest BCUT2D eigenvalue weighted by molar-refractivity contribution is 7.88. The number of hydrogen-bond donors (Lipinski definition) is 2. The third-order valence-corrected chi connectivity index (χ3v) is 4.12.